The standard InChI is InChI=1S/C8H19NO2/c1-8(2)11-7-6-10-5-3-4-9/h8H,3-7,9H2,1-2H3. The van der Waals surface area contributed by atoms with Crippen molar-refractivity contribution in [1.82, 2.24) is 0 Å². The summed E-state index contributed by atoms with van der Waals surface area (Å²) in [6, 6.07) is 0. The molecule has 0 amide bonds. The van der Waals surface area contributed by atoms with Crippen LogP contribution in [-0.4, -0.2) is 32.5 Å². The van der Waals surface area contributed by atoms with E-state index in [2.05, 4.69) is 0 Å². The van der Waals surface area contributed by atoms with E-state index >= 15 is 0 Å². The van der Waals surface area contributed by atoms with Crippen molar-refractivity contribution < 1.29 is 9.47 Å². The van der Waals surface area contributed by atoms with Crippen LogP contribution in [0.15, 0.2) is 0 Å². The van der Waals surface area contributed by atoms with Crippen LogP contribution >= 0.6 is 0 Å². The van der Waals surface area contributed by atoms with Gasteiger partial charge in [-0.1, -0.05) is 0 Å². The Morgan fingerprint density at radius 3 is 2.45 bits per heavy atom. The summed E-state index contributed by atoms with van der Waals surface area (Å²) in [4.78, 5) is 0. The number of nitrogens with two attached hydrogens (primary N) is 1. The van der Waals surface area contributed by atoms with E-state index in [4.69, 9.17) is 15.2 Å². The predicted molar refractivity (Wildman–Crippen MR) is 45.6 cm³/mol. The third-order valence-electron chi connectivity index (χ3n) is 1.17. The SMILES string of the molecule is CC(C)OCCOCCCN. The molecule has 3 heteroatoms. The topological polar surface area (TPSA) is 44.5 Å². The third kappa shape index (κ3) is 9.88. The summed E-state index contributed by atoms with van der Waals surface area (Å²) in [6.07, 6.45) is 1.23. The zero-order chi connectivity index (χ0) is 8.53. The van der Waals surface area contributed by atoms with E-state index in [1.54, 1.807) is 0 Å². The Hall–Kier alpha value is -0.120. The van der Waals surface area contributed by atoms with E-state index in [1.807, 2.05) is 13.8 Å². The maximum absolute atomic E-state index is 5.28. The highest BCUT2D eigenvalue weighted by Crippen LogP contribution is 1.87. The molecule has 0 saturated carbocycles. The Bertz CT molecular complexity index is 76.5. The van der Waals surface area contributed by atoms with Crippen LogP contribution in [0.3, 0.4) is 0 Å². The minimum absolute atomic E-state index is 0.299. The lowest BCUT2D eigenvalue weighted by Crippen LogP contribution is -2.11. The van der Waals surface area contributed by atoms with E-state index in [0.29, 0.717) is 25.9 Å². The third-order valence-corrected chi connectivity index (χ3v) is 1.17. The minimum atomic E-state index is 0.299. The van der Waals surface area contributed by atoms with Crippen LogP contribution in [0.2, 0.25) is 0 Å². The first-order valence-electron chi connectivity index (χ1n) is 4.16. The number of hydrogen-bond donors (Lipinski definition) is 1. The predicted octanol–water partition coefficient (Wildman–Crippen LogP) is 0.777. The van der Waals surface area contributed by atoms with Gasteiger partial charge in [-0.2, -0.15) is 0 Å². The molecule has 0 aromatic carbocycles. The average molecular weight is 161 g/mol. The number of rotatable bonds is 7. The van der Waals surface area contributed by atoms with Crippen LogP contribution in [0.5, 0.6) is 0 Å². The van der Waals surface area contributed by atoms with Crippen LogP contribution in [0.4, 0.5) is 0 Å². The molecule has 0 aromatic rings. The lowest BCUT2D eigenvalue weighted by molar-refractivity contribution is 0.0194. The van der Waals surface area contributed by atoms with Crippen molar-refractivity contribution in [3.05, 3.63) is 0 Å². The van der Waals surface area contributed by atoms with Gasteiger partial charge in [-0.25, -0.2) is 0 Å². The van der Waals surface area contributed by atoms with Crippen LogP contribution < -0.4 is 5.73 Å². The van der Waals surface area contributed by atoms with Crippen LogP contribution in [0, 0.1) is 0 Å². The molecule has 11 heavy (non-hydrogen) atoms. The molecule has 0 bridgehead atoms. The van der Waals surface area contributed by atoms with E-state index in [0.717, 1.165) is 13.0 Å². The molecule has 68 valence electrons. The second-order valence-electron chi connectivity index (χ2n) is 2.67. The normalized spacial score (nSPS) is 10.9. The van der Waals surface area contributed by atoms with E-state index in [-0.39, 0.29) is 0 Å². The van der Waals surface area contributed by atoms with E-state index < -0.39 is 0 Å². The summed E-state index contributed by atoms with van der Waals surface area (Å²) < 4.78 is 10.5. The van der Waals surface area contributed by atoms with Gasteiger partial charge in [0.25, 0.3) is 0 Å². The van der Waals surface area contributed by atoms with Gasteiger partial charge < -0.3 is 15.2 Å². The van der Waals surface area contributed by atoms with Gasteiger partial charge in [-0.3, -0.25) is 0 Å². The lowest BCUT2D eigenvalue weighted by atomic mass is 10.5. The maximum atomic E-state index is 5.28. The fourth-order valence-corrected chi connectivity index (χ4v) is 0.630. The molecule has 0 unspecified atom stereocenters. The van der Waals surface area contributed by atoms with Crippen molar-refractivity contribution in [1.29, 1.82) is 0 Å². The molecule has 0 aromatic heterocycles. The van der Waals surface area contributed by atoms with Gasteiger partial charge >= 0.3 is 0 Å². The average Bonchev–Trinajstić information content (AvgIpc) is 1.96. The van der Waals surface area contributed by atoms with Crippen LogP contribution in [0.1, 0.15) is 20.3 Å². The molecule has 0 spiro atoms. The smallest absolute Gasteiger partial charge is 0.0703 e. The molecule has 0 aliphatic rings. The van der Waals surface area contributed by atoms with Crippen molar-refractivity contribution in [3.8, 4) is 0 Å². The molecule has 0 aliphatic heterocycles. The largest absolute Gasteiger partial charge is 0.379 e. The first-order valence-corrected chi connectivity index (χ1v) is 4.16. The highest BCUT2D eigenvalue weighted by atomic mass is 16.5. The Balaban J connectivity index is 2.80. The zero-order valence-electron chi connectivity index (χ0n) is 7.51. The van der Waals surface area contributed by atoms with Gasteiger partial charge in [0, 0.05) is 6.61 Å². The Morgan fingerprint density at radius 2 is 1.91 bits per heavy atom. The summed E-state index contributed by atoms with van der Waals surface area (Å²) in [5, 5.41) is 0. The second-order valence-corrected chi connectivity index (χ2v) is 2.67. The summed E-state index contributed by atoms with van der Waals surface area (Å²) in [7, 11) is 0. The quantitative estimate of drug-likeness (QED) is 0.561. The molecular formula is C8H19NO2. The molecule has 0 aliphatic carbocycles. The van der Waals surface area contributed by atoms with Gasteiger partial charge in [0.2, 0.25) is 0 Å². The number of hydrogen-bond acceptors (Lipinski definition) is 3. The summed E-state index contributed by atoms with van der Waals surface area (Å²) in [6.45, 7) is 6.84. The Labute approximate surface area is 68.9 Å². The highest BCUT2D eigenvalue weighted by Gasteiger charge is 1.92. The highest BCUT2D eigenvalue weighted by molar-refractivity contribution is 4.38. The second kappa shape index (κ2) is 7.98. The first-order chi connectivity index (χ1) is 5.27. The molecule has 0 rings (SSSR count). The van der Waals surface area contributed by atoms with E-state index in [9.17, 15) is 0 Å². The first kappa shape index (κ1) is 10.9. The molecule has 0 atom stereocenters. The lowest BCUT2D eigenvalue weighted by Gasteiger charge is -2.07. The zero-order valence-corrected chi connectivity index (χ0v) is 7.51. The summed E-state index contributed by atoms with van der Waals surface area (Å²) in [5.41, 5.74) is 5.28. The summed E-state index contributed by atoms with van der Waals surface area (Å²) >= 11 is 0. The molecule has 0 fully saturated rings. The van der Waals surface area contributed by atoms with Crippen molar-refractivity contribution in [2.24, 2.45) is 5.73 Å². The van der Waals surface area contributed by atoms with Crippen LogP contribution in [0.25, 0.3) is 0 Å². The molecule has 0 radical (unpaired) electrons. The molecule has 2 N–H and O–H groups in total. The summed E-state index contributed by atoms with van der Waals surface area (Å²) in [5.74, 6) is 0. The maximum Gasteiger partial charge on any atom is 0.0703 e. The Kier molecular flexibility index (Phi) is 7.89. The Morgan fingerprint density at radius 1 is 1.18 bits per heavy atom. The fraction of sp³-hybridized carbons (Fsp3) is 1.00. The van der Waals surface area contributed by atoms with Gasteiger partial charge in [0.15, 0.2) is 0 Å². The van der Waals surface area contributed by atoms with Gasteiger partial charge in [-0.15, -0.1) is 0 Å². The van der Waals surface area contributed by atoms with Crippen molar-refractivity contribution in [3.63, 3.8) is 0 Å². The van der Waals surface area contributed by atoms with E-state index in [1.165, 1.54) is 0 Å². The van der Waals surface area contributed by atoms with Crippen molar-refractivity contribution in [2.45, 2.75) is 26.4 Å². The van der Waals surface area contributed by atoms with Crippen LogP contribution in [-0.2, 0) is 9.47 Å². The van der Waals surface area contributed by atoms with Gasteiger partial charge in [0.05, 0.1) is 19.3 Å². The molecule has 0 saturated heterocycles. The van der Waals surface area contributed by atoms with Crippen molar-refractivity contribution in [2.75, 3.05) is 26.4 Å². The minimum Gasteiger partial charge on any atom is -0.379 e. The van der Waals surface area contributed by atoms with Gasteiger partial charge in [0.1, 0.15) is 0 Å². The molecule has 0 heterocycles. The van der Waals surface area contributed by atoms with Crippen molar-refractivity contribution >= 4 is 0 Å². The monoisotopic (exact) mass is 161 g/mol. The fourth-order valence-electron chi connectivity index (χ4n) is 0.630. The molecule has 3 nitrogen and oxygen atoms in total. The molecular weight excluding hydrogens is 142 g/mol. The van der Waals surface area contributed by atoms with Gasteiger partial charge in [-0.05, 0) is 26.8 Å². The number of ether oxygens (including phenoxy) is 2.